The van der Waals surface area contributed by atoms with Crippen LogP contribution in [0.2, 0.25) is 0 Å². The van der Waals surface area contributed by atoms with E-state index in [-0.39, 0.29) is 5.41 Å². The molecule has 0 radical (unpaired) electrons. The normalized spacial score (nSPS) is 27.3. The van der Waals surface area contributed by atoms with E-state index in [9.17, 15) is 0 Å². The first kappa shape index (κ1) is 14.7. The molecule has 0 spiro atoms. The first-order chi connectivity index (χ1) is 10.2. The zero-order valence-corrected chi connectivity index (χ0v) is 12.8. The lowest BCUT2D eigenvalue weighted by Gasteiger charge is -2.32. The highest BCUT2D eigenvalue weighted by atomic mass is 16.5. The largest absolute Gasteiger partial charge is 0.384 e. The van der Waals surface area contributed by atoms with Gasteiger partial charge in [-0.2, -0.15) is 0 Å². The summed E-state index contributed by atoms with van der Waals surface area (Å²) in [7, 11) is 1.79. The molecule has 0 bridgehead atoms. The van der Waals surface area contributed by atoms with Gasteiger partial charge in [0.05, 0.1) is 6.61 Å². The van der Waals surface area contributed by atoms with Gasteiger partial charge >= 0.3 is 0 Å². The molecule has 0 saturated heterocycles. The van der Waals surface area contributed by atoms with Gasteiger partial charge in [-0.25, -0.2) is 9.97 Å². The lowest BCUT2D eigenvalue weighted by molar-refractivity contribution is 0.0923. The van der Waals surface area contributed by atoms with Gasteiger partial charge in [-0.1, -0.05) is 12.8 Å². The molecule has 2 fully saturated rings. The van der Waals surface area contributed by atoms with Crippen LogP contribution in [-0.2, 0) is 4.74 Å². The third kappa shape index (κ3) is 3.35. The van der Waals surface area contributed by atoms with Crippen molar-refractivity contribution < 1.29 is 4.74 Å². The summed E-state index contributed by atoms with van der Waals surface area (Å²) in [6.07, 6.45) is 8.85. The maximum atomic E-state index is 5.86. The first-order valence-electron chi connectivity index (χ1n) is 8.01. The molecule has 2 aliphatic rings. The minimum atomic E-state index is 0.276. The zero-order chi connectivity index (χ0) is 14.7. The Balaban J connectivity index is 1.61. The Kier molecular flexibility index (Phi) is 4.40. The molecule has 116 valence electrons. The number of nitrogens with zero attached hydrogens (tertiary/aromatic N) is 2. The predicted molar refractivity (Wildman–Crippen MR) is 83.2 cm³/mol. The quantitative estimate of drug-likeness (QED) is 0.841. The minimum Gasteiger partial charge on any atom is -0.384 e. The van der Waals surface area contributed by atoms with E-state index in [1.54, 1.807) is 13.4 Å². The fourth-order valence-electron chi connectivity index (χ4n) is 3.68. The number of ether oxygens (including phenoxy) is 1. The van der Waals surface area contributed by atoms with Crippen LogP contribution in [0.4, 0.5) is 5.82 Å². The van der Waals surface area contributed by atoms with Crippen molar-refractivity contribution in [3.05, 3.63) is 18.1 Å². The Morgan fingerprint density at radius 3 is 2.76 bits per heavy atom. The summed E-state index contributed by atoms with van der Waals surface area (Å²) >= 11 is 0. The number of nitrogens with two attached hydrogens (primary N) is 1. The SMILES string of the molecule is COCC1(CNc2cc(C3CC(N)C3)ncn2)CCCC1. The summed E-state index contributed by atoms with van der Waals surface area (Å²) in [5.74, 6) is 1.45. The maximum absolute atomic E-state index is 5.86. The highest BCUT2D eigenvalue weighted by Gasteiger charge is 2.34. The molecular formula is C16H26N4O. The van der Waals surface area contributed by atoms with Gasteiger partial charge in [0.15, 0.2) is 0 Å². The Bertz CT molecular complexity index is 467. The minimum absolute atomic E-state index is 0.276. The van der Waals surface area contributed by atoms with Gasteiger partial charge in [-0.05, 0) is 25.7 Å². The Morgan fingerprint density at radius 1 is 1.33 bits per heavy atom. The molecule has 0 aromatic carbocycles. The van der Waals surface area contributed by atoms with Crippen molar-refractivity contribution in [3.63, 3.8) is 0 Å². The van der Waals surface area contributed by atoms with Crippen LogP contribution >= 0.6 is 0 Å². The van der Waals surface area contributed by atoms with Crippen molar-refractivity contribution >= 4 is 5.82 Å². The topological polar surface area (TPSA) is 73.1 Å². The predicted octanol–water partition coefficient (Wildman–Crippen LogP) is 2.30. The molecule has 3 N–H and O–H groups in total. The van der Waals surface area contributed by atoms with E-state index < -0.39 is 0 Å². The summed E-state index contributed by atoms with van der Waals surface area (Å²) in [6.45, 7) is 1.76. The van der Waals surface area contributed by atoms with Crippen LogP contribution in [-0.4, -0.2) is 36.3 Å². The lowest BCUT2D eigenvalue weighted by Crippen LogP contribution is -2.35. The van der Waals surface area contributed by atoms with Gasteiger partial charge in [-0.15, -0.1) is 0 Å². The third-order valence-electron chi connectivity index (χ3n) is 5.04. The van der Waals surface area contributed by atoms with E-state index in [1.807, 2.05) is 0 Å². The summed E-state index contributed by atoms with van der Waals surface area (Å²) in [4.78, 5) is 8.76. The average Bonchev–Trinajstić information content (AvgIpc) is 2.92. The van der Waals surface area contributed by atoms with E-state index in [4.69, 9.17) is 10.5 Å². The van der Waals surface area contributed by atoms with Crippen LogP contribution in [0, 0.1) is 5.41 Å². The average molecular weight is 290 g/mol. The summed E-state index contributed by atoms with van der Waals surface area (Å²) < 4.78 is 5.43. The summed E-state index contributed by atoms with van der Waals surface area (Å²) in [5, 5.41) is 3.50. The number of hydrogen-bond acceptors (Lipinski definition) is 5. The molecule has 2 aliphatic carbocycles. The van der Waals surface area contributed by atoms with E-state index >= 15 is 0 Å². The number of aromatic nitrogens is 2. The maximum Gasteiger partial charge on any atom is 0.129 e. The van der Waals surface area contributed by atoms with Gasteiger partial charge in [-0.3, -0.25) is 0 Å². The molecule has 1 aromatic heterocycles. The highest BCUT2D eigenvalue weighted by molar-refractivity contribution is 5.37. The monoisotopic (exact) mass is 290 g/mol. The van der Waals surface area contributed by atoms with Crippen molar-refractivity contribution in [2.75, 3.05) is 25.6 Å². The molecule has 0 amide bonds. The van der Waals surface area contributed by atoms with Crippen molar-refractivity contribution in [1.29, 1.82) is 0 Å². The van der Waals surface area contributed by atoms with E-state index in [0.717, 1.165) is 37.5 Å². The summed E-state index contributed by atoms with van der Waals surface area (Å²) in [5.41, 5.74) is 7.27. The zero-order valence-electron chi connectivity index (χ0n) is 12.8. The van der Waals surface area contributed by atoms with Crippen molar-refractivity contribution in [1.82, 2.24) is 9.97 Å². The van der Waals surface area contributed by atoms with Crippen LogP contribution in [0.5, 0.6) is 0 Å². The smallest absolute Gasteiger partial charge is 0.129 e. The van der Waals surface area contributed by atoms with Crippen molar-refractivity contribution in [2.45, 2.75) is 50.5 Å². The first-order valence-corrected chi connectivity index (χ1v) is 8.01. The second kappa shape index (κ2) is 6.28. The molecule has 2 saturated carbocycles. The van der Waals surface area contributed by atoms with Gasteiger partial charge in [0.25, 0.3) is 0 Å². The van der Waals surface area contributed by atoms with Crippen LogP contribution in [0.15, 0.2) is 12.4 Å². The standard InChI is InChI=1S/C16H26N4O/c1-21-10-16(4-2-3-5-16)9-18-15-8-14(19-11-20-15)12-6-13(17)7-12/h8,11-13H,2-7,9-10,17H2,1H3,(H,18,19,20). The number of hydrogen-bond donors (Lipinski definition) is 2. The fraction of sp³-hybridized carbons (Fsp3) is 0.750. The molecule has 5 heteroatoms. The van der Waals surface area contributed by atoms with E-state index in [1.165, 1.54) is 25.7 Å². The molecule has 3 rings (SSSR count). The van der Waals surface area contributed by atoms with Crippen LogP contribution in [0.25, 0.3) is 0 Å². The molecule has 0 aliphatic heterocycles. The molecular weight excluding hydrogens is 264 g/mol. The van der Waals surface area contributed by atoms with Crippen LogP contribution in [0.3, 0.4) is 0 Å². The number of rotatable bonds is 6. The number of methoxy groups -OCH3 is 1. The second-order valence-electron chi connectivity index (χ2n) is 6.75. The van der Waals surface area contributed by atoms with Gasteiger partial charge < -0.3 is 15.8 Å². The molecule has 0 atom stereocenters. The Morgan fingerprint density at radius 2 is 2.10 bits per heavy atom. The van der Waals surface area contributed by atoms with Crippen LogP contribution in [0.1, 0.15) is 50.1 Å². The van der Waals surface area contributed by atoms with Crippen LogP contribution < -0.4 is 11.1 Å². The molecule has 1 aromatic rings. The Labute approximate surface area is 126 Å². The second-order valence-corrected chi connectivity index (χ2v) is 6.75. The molecule has 0 unspecified atom stereocenters. The third-order valence-corrected chi connectivity index (χ3v) is 5.04. The lowest BCUT2D eigenvalue weighted by atomic mass is 9.78. The molecule has 21 heavy (non-hydrogen) atoms. The van der Waals surface area contributed by atoms with E-state index in [2.05, 4.69) is 21.4 Å². The van der Waals surface area contributed by atoms with Crippen molar-refractivity contribution in [2.24, 2.45) is 11.1 Å². The molecule has 5 nitrogen and oxygen atoms in total. The van der Waals surface area contributed by atoms with Gasteiger partial charge in [0.2, 0.25) is 0 Å². The van der Waals surface area contributed by atoms with Gasteiger partial charge in [0, 0.05) is 42.8 Å². The van der Waals surface area contributed by atoms with Gasteiger partial charge in [0.1, 0.15) is 12.1 Å². The number of nitrogens with one attached hydrogen (secondary N) is 1. The highest BCUT2D eigenvalue weighted by Crippen LogP contribution is 2.39. The Hall–Kier alpha value is -1.20. The van der Waals surface area contributed by atoms with Crippen molar-refractivity contribution in [3.8, 4) is 0 Å². The number of anilines is 1. The van der Waals surface area contributed by atoms with E-state index in [0.29, 0.717) is 12.0 Å². The molecule has 1 heterocycles. The summed E-state index contributed by atoms with van der Waals surface area (Å²) in [6, 6.07) is 2.44. The fourth-order valence-corrected chi connectivity index (χ4v) is 3.68.